The molecule has 0 aromatic heterocycles. The Bertz CT molecular complexity index is 994. The van der Waals surface area contributed by atoms with Crippen molar-refractivity contribution in [2.24, 2.45) is 0 Å². The van der Waals surface area contributed by atoms with Crippen LogP contribution in [0.3, 0.4) is 0 Å². The van der Waals surface area contributed by atoms with Crippen molar-refractivity contribution in [1.29, 1.82) is 0 Å². The number of phenolic OH excluding ortho intramolecular Hbond substituents is 2. The highest BCUT2D eigenvalue weighted by Crippen LogP contribution is 2.47. The van der Waals surface area contributed by atoms with E-state index >= 15 is 0 Å². The molecule has 2 aromatic rings. The van der Waals surface area contributed by atoms with Gasteiger partial charge in [0.1, 0.15) is 17.2 Å². The van der Waals surface area contributed by atoms with Gasteiger partial charge in [-0.2, -0.15) is 0 Å². The van der Waals surface area contributed by atoms with Crippen molar-refractivity contribution in [2.75, 3.05) is 7.11 Å². The number of methoxy groups -OCH3 is 1. The topological polar surface area (TPSA) is 93.1 Å². The second-order valence-corrected chi connectivity index (χ2v) is 8.42. The third-order valence-electron chi connectivity index (χ3n) is 5.92. The molecular formula is C26H32O6. The summed E-state index contributed by atoms with van der Waals surface area (Å²) in [6.45, 7) is 3.95. The number of benzene rings is 2. The van der Waals surface area contributed by atoms with Crippen molar-refractivity contribution in [3.63, 3.8) is 0 Å². The number of ether oxygens (including phenoxy) is 2. The van der Waals surface area contributed by atoms with E-state index in [0.717, 1.165) is 19.3 Å². The molecule has 0 saturated heterocycles. The number of rotatable bonds is 10. The highest BCUT2D eigenvalue weighted by molar-refractivity contribution is 6.14. The highest BCUT2D eigenvalue weighted by Gasteiger charge is 2.38. The number of phenols is 2. The quantitative estimate of drug-likeness (QED) is 0.362. The second kappa shape index (κ2) is 10.5. The standard InChI is InChI=1S/C26H32O6/c1-4-5-6-7-8-9-10-11-22(29)32-26-23-18(12-16(2)13-20(23)27)25(30)19-14-17(31-3)15-21(28)24(19)26/h12-15,26-28H,4-11H2,1-3H3. The number of fused-ring (bicyclic) bond motifs is 2. The molecule has 0 amide bonds. The van der Waals surface area contributed by atoms with Crippen LogP contribution in [0.1, 0.15) is 97.0 Å². The largest absolute Gasteiger partial charge is 0.507 e. The van der Waals surface area contributed by atoms with Crippen LogP contribution in [0.2, 0.25) is 0 Å². The van der Waals surface area contributed by atoms with Crippen molar-refractivity contribution < 1.29 is 29.3 Å². The lowest BCUT2D eigenvalue weighted by Crippen LogP contribution is -2.24. The molecule has 0 fully saturated rings. The van der Waals surface area contributed by atoms with E-state index in [1.807, 2.05) is 0 Å². The zero-order valence-electron chi connectivity index (χ0n) is 19.1. The normalized spacial score (nSPS) is 14.6. The van der Waals surface area contributed by atoms with E-state index in [2.05, 4.69) is 6.92 Å². The Labute approximate surface area is 189 Å². The molecule has 3 rings (SSSR count). The zero-order valence-corrected chi connectivity index (χ0v) is 19.1. The molecule has 0 spiro atoms. The molecule has 0 radical (unpaired) electrons. The van der Waals surface area contributed by atoms with Crippen LogP contribution in [-0.4, -0.2) is 29.1 Å². The van der Waals surface area contributed by atoms with E-state index in [0.29, 0.717) is 17.7 Å². The average molecular weight is 441 g/mol. The number of hydrogen-bond donors (Lipinski definition) is 2. The van der Waals surface area contributed by atoms with Gasteiger partial charge in [-0.3, -0.25) is 9.59 Å². The van der Waals surface area contributed by atoms with Crippen molar-refractivity contribution in [2.45, 2.75) is 71.3 Å². The van der Waals surface area contributed by atoms with Gasteiger partial charge in [-0.25, -0.2) is 0 Å². The molecule has 6 nitrogen and oxygen atoms in total. The summed E-state index contributed by atoms with van der Waals surface area (Å²) in [7, 11) is 1.44. The number of carbonyl (C=O) groups excluding carboxylic acids is 2. The lowest BCUT2D eigenvalue weighted by atomic mass is 9.81. The van der Waals surface area contributed by atoms with Crippen LogP contribution >= 0.6 is 0 Å². The summed E-state index contributed by atoms with van der Waals surface area (Å²) in [5, 5.41) is 21.3. The minimum absolute atomic E-state index is 0.136. The Kier molecular flexibility index (Phi) is 7.78. The lowest BCUT2D eigenvalue weighted by molar-refractivity contribution is -0.147. The van der Waals surface area contributed by atoms with Crippen LogP contribution in [0.25, 0.3) is 0 Å². The minimum atomic E-state index is -1.07. The van der Waals surface area contributed by atoms with Gasteiger partial charge in [0, 0.05) is 23.6 Å². The average Bonchev–Trinajstić information content (AvgIpc) is 2.75. The molecule has 0 heterocycles. The molecule has 1 aliphatic rings. The first-order valence-electron chi connectivity index (χ1n) is 11.4. The van der Waals surface area contributed by atoms with Gasteiger partial charge >= 0.3 is 5.97 Å². The summed E-state index contributed by atoms with van der Waals surface area (Å²) < 4.78 is 11.0. The maximum Gasteiger partial charge on any atom is 0.306 e. The number of carbonyl (C=O) groups is 2. The Balaban J connectivity index is 1.84. The van der Waals surface area contributed by atoms with E-state index in [4.69, 9.17) is 9.47 Å². The van der Waals surface area contributed by atoms with Crippen LogP contribution in [0.4, 0.5) is 0 Å². The van der Waals surface area contributed by atoms with Gasteiger partial charge in [0.05, 0.1) is 18.2 Å². The van der Waals surface area contributed by atoms with Gasteiger partial charge in [-0.1, -0.05) is 45.4 Å². The fourth-order valence-electron chi connectivity index (χ4n) is 4.26. The molecule has 1 unspecified atom stereocenters. The van der Waals surface area contributed by atoms with Gasteiger partial charge in [0.15, 0.2) is 11.9 Å². The number of esters is 1. The molecule has 0 saturated carbocycles. The molecule has 1 aliphatic carbocycles. The van der Waals surface area contributed by atoms with Crippen LogP contribution in [0.15, 0.2) is 24.3 Å². The summed E-state index contributed by atoms with van der Waals surface area (Å²) in [6.07, 6.45) is 6.73. The van der Waals surface area contributed by atoms with E-state index in [1.54, 1.807) is 13.0 Å². The van der Waals surface area contributed by atoms with Gasteiger partial charge in [-0.15, -0.1) is 0 Å². The van der Waals surface area contributed by atoms with Crippen molar-refractivity contribution >= 4 is 11.8 Å². The van der Waals surface area contributed by atoms with Gasteiger partial charge in [0.25, 0.3) is 0 Å². The van der Waals surface area contributed by atoms with Gasteiger partial charge in [0.2, 0.25) is 0 Å². The first-order chi connectivity index (χ1) is 15.4. The van der Waals surface area contributed by atoms with Crippen molar-refractivity contribution in [3.05, 3.63) is 52.1 Å². The zero-order chi connectivity index (χ0) is 23.3. The number of ketones is 1. The molecule has 2 N–H and O–H groups in total. The number of aryl methyl sites for hydroxylation is 1. The fourth-order valence-corrected chi connectivity index (χ4v) is 4.26. The monoisotopic (exact) mass is 440 g/mol. The summed E-state index contributed by atoms with van der Waals surface area (Å²) in [5.41, 5.74) is 1.56. The fraction of sp³-hybridized carbons (Fsp3) is 0.462. The third-order valence-corrected chi connectivity index (χ3v) is 5.92. The Morgan fingerprint density at radius 2 is 1.50 bits per heavy atom. The predicted molar refractivity (Wildman–Crippen MR) is 121 cm³/mol. The maximum atomic E-state index is 13.2. The summed E-state index contributed by atoms with van der Waals surface area (Å²) in [5.74, 6) is -0.814. The van der Waals surface area contributed by atoms with Gasteiger partial charge in [-0.05, 0) is 37.1 Å². The predicted octanol–water partition coefficient (Wildman–Crippen LogP) is 5.73. The van der Waals surface area contributed by atoms with Gasteiger partial charge < -0.3 is 19.7 Å². The third kappa shape index (κ3) is 5.06. The Hall–Kier alpha value is -3.02. The molecule has 172 valence electrons. The summed E-state index contributed by atoms with van der Waals surface area (Å²) >= 11 is 0. The van der Waals surface area contributed by atoms with E-state index < -0.39 is 12.1 Å². The summed E-state index contributed by atoms with van der Waals surface area (Å²) in [4.78, 5) is 25.8. The highest BCUT2D eigenvalue weighted by atomic mass is 16.5. The number of hydrogen-bond acceptors (Lipinski definition) is 6. The number of unbranched alkanes of at least 4 members (excludes halogenated alkanes) is 6. The molecule has 0 bridgehead atoms. The molecule has 0 aliphatic heterocycles. The smallest absolute Gasteiger partial charge is 0.306 e. The molecule has 6 heteroatoms. The summed E-state index contributed by atoms with van der Waals surface area (Å²) in [6, 6.07) is 6.08. The minimum Gasteiger partial charge on any atom is -0.507 e. The van der Waals surface area contributed by atoms with E-state index in [1.165, 1.54) is 44.6 Å². The first kappa shape index (κ1) is 23.6. The maximum absolute atomic E-state index is 13.2. The van der Waals surface area contributed by atoms with Crippen LogP contribution in [0.5, 0.6) is 17.2 Å². The van der Waals surface area contributed by atoms with Crippen LogP contribution < -0.4 is 4.74 Å². The van der Waals surface area contributed by atoms with E-state index in [-0.39, 0.29) is 46.0 Å². The van der Waals surface area contributed by atoms with Crippen molar-refractivity contribution in [1.82, 2.24) is 0 Å². The Morgan fingerprint density at radius 3 is 2.16 bits per heavy atom. The second-order valence-electron chi connectivity index (χ2n) is 8.42. The molecule has 2 aromatic carbocycles. The lowest BCUT2D eigenvalue weighted by Gasteiger charge is -2.29. The molecule has 1 atom stereocenters. The molecule has 32 heavy (non-hydrogen) atoms. The molecular weight excluding hydrogens is 408 g/mol. The Morgan fingerprint density at radius 1 is 0.906 bits per heavy atom. The van der Waals surface area contributed by atoms with Crippen LogP contribution in [-0.2, 0) is 9.53 Å². The first-order valence-corrected chi connectivity index (χ1v) is 11.4. The number of aromatic hydroxyl groups is 2. The van der Waals surface area contributed by atoms with E-state index in [9.17, 15) is 19.8 Å². The SMILES string of the molecule is CCCCCCCCCC(=O)OC1c2c(O)cc(C)cc2C(=O)c2cc(OC)cc(O)c21. The van der Waals surface area contributed by atoms with Crippen molar-refractivity contribution in [3.8, 4) is 17.2 Å². The van der Waals surface area contributed by atoms with Crippen LogP contribution in [0, 0.1) is 6.92 Å².